The molecule has 0 radical (unpaired) electrons. The number of aliphatic hydroxyl groups is 2. The molecule has 0 aliphatic carbocycles. The molecule has 1 amide bonds. The molecule has 426 valence electrons. The number of aliphatic hydroxyl groups excluding tert-OH is 2. The standard InChI is InChI=1S/C66H127NO5/c1-3-5-7-9-11-13-15-17-19-21-22-23-27-30-34-38-42-46-50-54-58-64(69)63(62-68)67-65(70)59-55-51-47-43-39-35-31-28-24-25-29-33-37-41-45-49-53-57-61-72-66(71)60-56-52-48-44-40-36-32-26-20-18-16-14-12-10-8-6-4-2/h28,31,54,58,63-64,68-69H,3-27,29-30,32-53,55-57,59-62H2,1-2H3,(H,67,70)/b31-28-,58-54+. The van der Waals surface area contributed by atoms with Crippen molar-refractivity contribution >= 4 is 11.9 Å². The summed E-state index contributed by atoms with van der Waals surface area (Å²) in [5.41, 5.74) is 0. The van der Waals surface area contributed by atoms with E-state index in [1.165, 1.54) is 276 Å². The topological polar surface area (TPSA) is 95.9 Å². The fourth-order valence-corrected chi connectivity index (χ4v) is 10.2. The first-order valence-corrected chi connectivity index (χ1v) is 32.6. The van der Waals surface area contributed by atoms with Gasteiger partial charge in [-0.1, -0.05) is 314 Å². The van der Waals surface area contributed by atoms with E-state index in [-0.39, 0.29) is 18.5 Å². The van der Waals surface area contributed by atoms with Gasteiger partial charge < -0.3 is 20.3 Å². The van der Waals surface area contributed by atoms with E-state index < -0.39 is 12.1 Å². The molecular formula is C66H127NO5. The maximum Gasteiger partial charge on any atom is 0.305 e. The Bertz CT molecular complexity index is 1120. The highest BCUT2D eigenvalue weighted by molar-refractivity contribution is 5.76. The first kappa shape index (κ1) is 70.3. The van der Waals surface area contributed by atoms with Crippen LogP contribution in [0.4, 0.5) is 0 Å². The third kappa shape index (κ3) is 57.6. The minimum absolute atomic E-state index is 0.00674. The molecule has 0 bridgehead atoms. The summed E-state index contributed by atoms with van der Waals surface area (Å²) in [6.07, 6.45) is 76.5. The average Bonchev–Trinajstić information content (AvgIpc) is 3.38. The van der Waals surface area contributed by atoms with Crippen LogP contribution >= 0.6 is 0 Å². The number of amides is 1. The van der Waals surface area contributed by atoms with Crippen LogP contribution in [0.15, 0.2) is 24.3 Å². The van der Waals surface area contributed by atoms with Crippen LogP contribution in [0.3, 0.4) is 0 Å². The van der Waals surface area contributed by atoms with E-state index in [2.05, 4.69) is 31.3 Å². The number of carbonyl (C=O) groups excluding carboxylic acids is 2. The number of unbranched alkanes of at least 4 members (excludes halogenated alkanes) is 48. The first-order chi connectivity index (χ1) is 35.5. The smallest absolute Gasteiger partial charge is 0.305 e. The molecule has 2 atom stereocenters. The van der Waals surface area contributed by atoms with E-state index in [4.69, 9.17) is 4.74 Å². The Morgan fingerprint density at radius 1 is 0.375 bits per heavy atom. The third-order valence-electron chi connectivity index (χ3n) is 15.2. The van der Waals surface area contributed by atoms with Gasteiger partial charge in [-0.25, -0.2) is 0 Å². The van der Waals surface area contributed by atoms with Gasteiger partial charge in [0.25, 0.3) is 0 Å². The van der Waals surface area contributed by atoms with Crippen LogP contribution in [0, 0.1) is 0 Å². The van der Waals surface area contributed by atoms with Crippen LogP contribution in [0.2, 0.25) is 0 Å². The Kier molecular flexibility index (Phi) is 60.5. The Labute approximate surface area is 450 Å². The molecule has 0 saturated carbocycles. The van der Waals surface area contributed by atoms with E-state index in [1.807, 2.05) is 6.08 Å². The number of rotatable bonds is 61. The lowest BCUT2D eigenvalue weighted by Crippen LogP contribution is -2.45. The molecule has 3 N–H and O–H groups in total. The third-order valence-corrected chi connectivity index (χ3v) is 15.2. The Morgan fingerprint density at radius 2 is 0.653 bits per heavy atom. The highest BCUT2D eigenvalue weighted by Crippen LogP contribution is 2.18. The van der Waals surface area contributed by atoms with Crippen LogP contribution in [0.1, 0.15) is 361 Å². The monoisotopic (exact) mass is 1010 g/mol. The Morgan fingerprint density at radius 3 is 0.986 bits per heavy atom. The van der Waals surface area contributed by atoms with Crippen molar-refractivity contribution in [2.24, 2.45) is 0 Å². The number of carbonyl (C=O) groups is 2. The fraction of sp³-hybridized carbons (Fsp3) is 0.909. The fourth-order valence-electron chi connectivity index (χ4n) is 10.2. The molecular weight excluding hydrogens is 887 g/mol. The predicted molar refractivity (Wildman–Crippen MR) is 315 cm³/mol. The van der Waals surface area contributed by atoms with E-state index in [9.17, 15) is 19.8 Å². The van der Waals surface area contributed by atoms with E-state index in [0.29, 0.717) is 19.4 Å². The summed E-state index contributed by atoms with van der Waals surface area (Å²) < 4.78 is 5.49. The molecule has 0 heterocycles. The average molecular weight is 1010 g/mol. The maximum absolute atomic E-state index is 12.5. The van der Waals surface area contributed by atoms with Gasteiger partial charge in [0.15, 0.2) is 0 Å². The summed E-state index contributed by atoms with van der Waals surface area (Å²) >= 11 is 0. The van der Waals surface area contributed by atoms with Crippen LogP contribution in [0.5, 0.6) is 0 Å². The molecule has 0 rings (SSSR count). The minimum atomic E-state index is -0.854. The zero-order valence-electron chi connectivity index (χ0n) is 48.7. The van der Waals surface area contributed by atoms with E-state index >= 15 is 0 Å². The van der Waals surface area contributed by atoms with Crippen molar-refractivity contribution in [1.29, 1.82) is 0 Å². The quantitative estimate of drug-likeness (QED) is 0.0320. The molecule has 0 aliphatic rings. The van der Waals surface area contributed by atoms with E-state index in [0.717, 1.165) is 57.8 Å². The van der Waals surface area contributed by atoms with Gasteiger partial charge in [0.1, 0.15) is 0 Å². The molecule has 2 unspecified atom stereocenters. The van der Waals surface area contributed by atoms with Gasteiger partial charge in [-0.15, -0.1) is 0 Å². The zero-order valence-corrected chi connectivity index (χ0v) is 48.7. The molecule has 0 aromatic heterocycles. The molecule has 0 aromatic rings. The van der Waals surface area contributed by atoms with E-state index in [1.54, 1.807) is 6.08 Å². The molecule has 6 nitrogen and oxygen atoms in total. The summed E-state index contributed by atoms with van der Waals surface area (Å²) in [7, 11) is 0. The lowest BCUT2D eigenvalue weighted by Gasteiger charge is -2.20. The number of esters is 1. The maximum atomic E-state index is 12.5. The van der Waals surface area contributed by atoms with Gasteiger partial charge in [0, 0.05) is 12.8 Å². The van der Waals surface area contributed by atoms with Crippen LogP contribution in [-0.2, 0) is 14.3 Å². The summed E-state index contributed by atoms with van der Waals surface area (Å²) in [6, 6.07) is -0.638. The summed E-state index contributed by atoms with van der Waals surface area (Å²) in [5.74, 6) is -0.0723. The lowest BCUT2D eigenvalue weighted by atomic mass is 10.0. The van der Waals surface area contributed by atoms with Gasteiger partial charge in [-0.3, -0.25) is 9.59 Å². The van der Waals surface area contributed by atoms with Crippen molar-refractivity contribution in [1.82, 2.24) is 5.32 Å². The number of hydrogen-bond acceptors (Lipinski definition) is 5. The van der Waals surface area contributed by atoms with Crippen molar-refractivity contribution in [3.8, 4) is 0 Å². The summed E-state index contributed by atoms with van der Waals surface area (Å²) in [4.78, 5) is 24.6. The molecule has 0 fully saturated rings. The Hall–Kier alpha value is -1.66. The molecule has 72 heavy (non-hydrogen) atoms. The van der Waals surface area contributed by atoms with Gasteiger partial charge in [-0.2, -0.15) is 0 Å². The number of allylic oxidation sites excluding steroid dienone is 3. The largest absolute Gasteiger partial charge is 0.466 e. The van der Waals surface area contributed by atoms with Crippen molar-refractivity contribution in [3.63, 3.8) is 0 Å². The van der Waals surface area contributed by atoms with Crippen molar-refractivity contribution in [3.05, 3.63) is 24.3 Å². The minimum Gasteiger partial charge on any atom is -0.466 e. The molecule has 6 heteroatoms. The normalized spacial score (nSPS) is 12.7. The SMILES string of the molecule is CCCCCCCCCCCCCCCCCCCC/C=C/C(O)C(CO)NC(=O)CCCCCCC/C=C\CCCCCCCCCCCOC(=O)CCCCCCCCCCCCCCCCCCC. The van der Waals surface area contributed by atoms with Crippen LogP contribution < -0.4 is 5.32 Å². The second-order valence-corrected chi connectivity index (χ2v) is 22.5. The second-order valence-electron chi connectivity index (χ2n) is 22.5. The highest BCUT2D eigenvalue weighted by atomic mass is 16.5. The van der Waals surface area contributed by atoms with Gasteiger partial charge in [0.05, 0.1) is 25.4 Å². The second kappa shape index (κ2) is 61.9. The molecule has 0 saturated heterocycles. The van der Waals surface area contributed by atoms with Gasteiger partial charge in [0.2, 0.25) is 5.91 Å². The lowest BCUT2D eigenvalue weighted by molar-refractivity contribution is -0.143. The predicted octanol–water partition coefficient (Wildman–Crippen LogP) is 20.6. The van der Waals surface area contributed by atoms with Gasteiger partial charge in [-0.05, 0) is 57.8 Å². The molecule has 0 spiro atoms. The number of hydrogen-bond donors (Lipinski definition) is 3. The first-order valence-electron chi connectivity index (χ1n) is 32.6. The summed E-state index contributed by atoms with van der Waals surface area (Å²) in [5, 5.41) is 23.2. The Balaban J connectivity index is 3.46. The van der Waals surface area contributed by atoms with Gasteiger partial charge >= 0.3 is 5.97 Å². The van der Waals surface area contributed by atoms with Crippen LogP contribution in [0.25, 0.3) is 0 Å². The van der Waals surface area contributed by atoms with Crippen molar-refractivity contribution < 1.29 is 24.5 Å². The number of ether oxygens (including phenoxy) is 1. The highest BCUT2D eigenvalue weighted by Gasteiger charge is 2.18. The van der Waals surface area contributed by atoms with Crippen LogP contribution in [-0.4, -0.2) is 47.4 Å². The summed E-state index contributed by atoms with van der Waals surface area (Å²) in [6.45, 7) is 4.92. The molecule has 0 aromatic carbocycles. The van der Waals surface area contributed by atoms with Crippen molar-refractivity contribution in [2.75, 3.05) is 13.2 Å². The number of nitrogens with one attached hydrogen (secondary N) is 1. The molecule has 0 aliphatic heterocycles. The zero-order chi connectivity index (χ0) is 52.2. The van der Waals surface area contributed by atoms with Crippen molar-refractivity contribution in [2.45, 2.75) is 373 Å².